The van der Waals surface area contributed by atoms with E-state index in [1.54, 1.807) is 12.1 Å². The standard InChI is InChI=1S/C15H14O3/c1-11(15(16)17)18-14-9-7-13(8-10-14)12-5-3-2-4-6-12/h2-11H,1H3,(H,16,17)/p-1/t11-/m1/s1. The SMILES string of the molecule is C[C@@H](Oc1ccc(-c2ccccc2)cc1)C(=O)[O-]. The number of hydrogen-bond donors (Lipinski definition) is 0. The van der Waals surface area contributed by atoms with Gasteiger partial charge in [0.1, 0.15) is 11.9 Å². The maximum atomic E-state index is 10.6. The Labute approximate surface area is 106 Å². The minimum atomic E-state index is -1.22. The smallest absolute Gasteiger partial charge is 0.135 e. The highest BCUT2D eigenvalue weighted by atomic mass is 16.5. The molecule has 2 aromatic rings. The van der Waals surface area contributed by atoms with Crippen molar-refractivity contribution in [1.82, 2.24) is 0 Å². The molecule has 0 saturated carbocycles. The van der Waals surface area contributed by atoms with Crippen LogP contribution in [-0.4, -0.2) is 12.1 Å². The molecule has 0 heterocycles. The van der Waals surface area contributed by atoms with Gasteiger partial charge in [-0.2, -0.15) is 0 Å². The van der Waals surface area contributed by atoms with E-state index < -0.39 is 12.1 Å². The average molecular weight is 241 g/mol. The molecule has 0 saturated heterocycles. The number of hydrogen-bond acceptors (Lipinski definition) is 3. The zero-order valence-electron chi connectivity index (χ0n) is 10.00. The quantitative estimate of drug-likeness (QED) is 0.821. The number of carbonyl (C=O) groups excluding carboxylic acids is 1. The first-order chi connectivity index (χ1) is 8.66. The Balaban J connectivity index is 2.13. The average Bonchev–Trinajstić information content (AvgIpc) is 2.40. The topological polar surface area (TPSA) is 49.4 Å². The van der Waals surface area contributed by atoms with Crippen LogP contribution in [0, 0.1) is 0 Å². The number of ether oxygens (including phenoxy) is 1. The third kappa shape index (κ3) is 2.88. The van der Waals surface area contributed by atoms with E-state index in [4.69, 9.17) is 4.74 Å². The van der Waals surface area contributed by atoms with Crippen LogP contribution in [-0.2, 0) is 4.79 Å². The zero-order chi connectivity index (χ0) is 13.0. The lowest BCUT2D eigenvalue weighted by Crippen LogP contribution is -2.37. The molecule has 0 spiro atoms. The van der Waals surface area contributed by atoms with Crippen LogP contribution in [0.25, 0.3) is 11.1 Å². The summed E-state index contributed by atoms with van der Waals surface area (Å²) in [6, 6.07) is 17.2. The van der Waals surface area contributed by atoms with Crippen LogP contribution >= 0.6 is 0 Å². The summed E-state index contributed by atoms with van der Waals surface area (Å²) in [5.41, 5.74) is 2.17. The summed E-state index contributed by atoms with van der Waals surface area (Å²) in [6.07, 6.45) is -0.951. The highest BCUT2D eigenvalue weighted by Crippen LogP contribution is 2.22. The van der Waals surface area contributed by atoms with E-state index in [0.717, 1.165) is 11.1 Å². The van der Waals surface area contributed by atoms with Gasteiger partial charge in [0.15, 0.2) is 0 Å². The maximum absolute atomic E-state index is 10.6. The Kier molecular flexibility index (Phi) is 3.63. The van der Waals surface area contributed by atoms with Gasteiger partial charge in [-0.3, -0.25) is 0 Å². The summed E-state index contributed by atoms with van der Waals surface area (Å²) in [7, 11) is 0. The predicted octanol–water partition coefficient (Wildman–Crippen LogP) is 1.87. The van der Waals surface area contributed by atoms with Crippen molar-refractivity contribution in [1.29, 1.82) is 0 Å². The number of carbonyl (C=O) groups is 1. The molecule has 0 aliphatic heterocycles. The predicted molar refractivity (Wildman–Crippen MR) is 67.0 cm³/mol. The van der Waals surface area contributed by atoms with Crippen LogP contribution in [0.5, 0.6) is 5.75 Å². The van der Waals surface area contributed by atoms with Gasteiger partial charge in [-0.1, -0.05) is 42.5 Å². The van der Waals surface area contributed by atoms with Gasteiger partial charge < -0.3 is 14.6 Å². The highest BCUT2D eigenvalue weighted by Gasteiger charge is 2.04. The van der Waals surface area contributed by atoms with Crippen LogP contribution in [0.2, 0.25) is 0 Å². The molecular formula is C15H13O3-. The van der Waals surface area contributed by atoms with Gasteiger partial charge in [0.2, 0.25) is 0 Å². The van der Waals surface area contributed by atoms with E-state index in [1.165, 1.54) is 6.92 Å². The Morgan fingerprint density at radius 2 is 1.56 bits per heavy atom. The van der Waals surface area contributed by atoms with Crippen LogP contribution in [0.15, 0.2) is 54.6 Å². The maximum Gasteiger partial charge on any atom is 0.135 e. The van der Waals surface area contributed by atoms with E-state index in [2.05, 4.69) is 0 Å². The third-order valence-electron chi connectivity index (χ3n) is 2.61. The van der Waals surface area contributed by atoms with E-state index in [9.17, 15) is 9.90 Å². The molecule has 1 atom stereocenters. The van der Waals surface area contributed by atoms with Crippen molar-refractivity contribution in [2.75, 3.05) is 0 Å². The van der Waals surface area contributed by atoms with E-state index in [1.807, 2.05) is 42.5 Å². The fourth-order valence-corrected chi connectivity index (χ4v) is 1.61. The van der Waals surface area contributed by atoms with Gasteiger partial charge in [-0.15, -0.1) is 0 Å². The monoisotopic (exact) mass is 241 g/mol. The van der Waals surface area contributed by atoms with Crippen molar-refractivity contribution < 1.29 is 14.6 Å². The molecule has 0 aromatic heterocycles. The number of rotatable bonds is 4. The van der Waals surface area contributed by atoms with Crippen LogP contribution < -0.4 is 9.84 Å². The molecule has 2 rings (SSSR count). The van der Waals surface area contributed by atoms with Gasteiger partial charge in [0, 0.05) is 0 Å². The fourth-order valence-electron chi connectivity index (χ4n) is 1.61. The summed E-state index contributed by atoms with van der Waals surface area (Å²) in [6.45, 7) is 1.44. The molecule has 0 N–H and O–H groups in total. The molecule has 3 heteroatoms. The molecule has 0 radical (unpaired) electrons. The molecule has 0 aliphatic carbocycles. The van der Waals surface area contributed by atoms with Crippen LogP contribution in [0.4, 0.5) is 0 Å². The third-order valence-corrected chi connectivity index (χ3v) is 2.61. The Morgan fingerprint density at radius 3 is 2.11 bits per heavy atom. The van der Waals surface area contributed by atoms with E-state index in [0.29, 0.717) is 5.75 Å². The van der Waals surface area contributed by atoms with Gasteiger partial charge in [-0.25, -0.2) is 0 Å². The van der Waals surface area contributed by atoms with Crippen molar-refractivity contribution in [2.24, 2.45) is 0 Å². The number of benzene rings is 2. The molecule has 3 nitrogen and oxygen atoms in total. The first kappa shape index (κ1) is 12.2. The molecule has 2 aromatic carbocycles. The fraction of sp³-hybridized carbons (Fsp3) is 0.133. The summed E-state index contributed by atoms with van der Waals surface area (Å²) < 4.78 is 5.20. The molecule has 92 valence electrons. The van der Waals surface area contributed by atoms with Gasteiger partial charge in [-0.05, 0) is 30.2 Å². The molecule has 0 bridgehead atoms. The molecule has 0 unspecified atom stereocenters. The zero-order valence-corrected chi connectivity index (χ0v) is 10.00. The van der Waals surface area contributed by atoms with Crippen molar-refractivity contribution in [3.05, 3.63) is 54.6 Å². The van der Waals surface area contributed by atoms with Crippen molar-refractivity contribution in [3.8, 4) is 16.9 Å². The summed E-state index contributed by atoms with van der Waals surface area (Å²) >= 11 is 0. The van der Waals surface area contributed by atoms with Gasteiger partial charge >= 0.3 is 0 Å². The summed E-state index contributed by atoms with van der Waals surface area (Å²) in [4.78, 5) is 10.6. The van der Waals surface area contributed by atoms with Crippen molar-refractivity contribution in [3.63, 3.8) is 0 Å². The van der Waals surface area contributed by atoms with Crippen LogP contribution in [0.3, 0.4) is 0 Å². The first-order valence-electron chi connectivity index (χ1n) is 5.70. The second-order valence-corrected chi connectivity index (χ2v) is 3.97. The molecular weight excluding hydrogens is 228 g/mol. The molecule has 18 heavy (non-hydrogen) atoms. The largest absolute Gasteiger partial charge is 0.546 e. The minimum absolute atomic E-state index is 0.520. The summed E-state index contributed by atoms with van der Waals surface area (Å²) in [5.74, 6) is -0.700. The second kappa shape index (κ2) is 5.36. The molecule has 0 amide bonds. The van der Waals surface area contributed by atoms with Gasteiger partial charge in [0.05, 0.1) is 5.97 Å². The Bertz CT molecular complexity index is 517. The van der Waals surface area contributed by atoms with Crippen molar-refractivity contribution in [2.45, 2.75) is 13.0 Å². The number of aliphatic carboxylic acids is 1. The molecule has 0 aliphatic rings. The van der Waals surface area contributed by atoms with Gasteiger partial charge in [0.25, 0.3) is 0 Å². The van der Waals surface area contributed by atoms with E-state index in [-0.39, 0.29) is 0 Å². The van der Waals surface area contributed by atoms with Crippen LogP contribution in [0.1, 0.15) is 6.92 Å². The molecule has 0 fully saturated rings. The minimum Gasteiger partial charge on any atom is -0.546 e. The van der Waals surface area contributed by atoms with E-state index >= 15 is 0 Å². The Hall–Kier alpha value is -2.29. The lowest BCUT2D eigenvalue weighted by Gasteiger charge is -2.15. The normalized spacial score (nSPS) is 11.8. The highest BCUT2D eigenvalue weighted by molar-refractivity contribution is 5.70. The summed E-state index contributed by atoms with van der Waals surface area (Å²) in [5, 5.41) is 10.6. The Morgan fingerprint density at radius 1 is 1.00 bits per heavy atom. The number of carboxylic acid groups (broad SMARTS) is 1. The lowest BCUT2D eigenvalue weighted by atomic mass is 10.1. The van der Waals surface area contributed by atoms with Crippen molar-refractivity contribution >= 4 is 5.97 Å². The second-order valence-electron chi connectivity index (χ2n) is 3.97. The number of carboxylic acids is 1. The first-order valence-corrected chi connectivity index (χ1v) is 5.70. The lowest BCUT2D eigenvalue weighted by molar-refractivity contribution is -0.312.